The number of hydrogen-bond donors (Lipinski definition) is 1. The molecule has 1 N–H and O–H groups in total. The topological polar surface area (TPSA) is 98.8 Å². The lowest BCUT2D eigenvalue weighted by Gasteiger charge is -2.13. The van der Waals surface area contributed by atoms with Crippen LogP contribution in [-0.4, -0.2) is 31.0 Å². The zero-order chi connectivity index (χ0) is 17.9. The largest absolute Gasteiger partial charge is 0.451 e. The number of rotatable bonds is 6. The Morgan fingerprint density at radius 3 is 2.60 bits per heavy atom. The molecule has 0 atom stereocenters. The van der Waals surface area contributed by atoms with Crippen LogP contribution < -0.4 is 5.32 Å². The van der Waals surface area contributed by atoms with Gasteiger partial charge in [0.05, 0.1) is 6.54 Å². The van der Waals surface area contributed by atoms with Gasteiger partial charge >= 0.3 is 12.1 Å². The Labute approximate surface area is 147 Å². The molecule has 0 spiro atoms. The number of nitrogens with one attached hydrogen (secondary N) is 1. The molecule has 0 amide bonds. The molecule has 0 fully saturated rings. The third kappa shape index (κ3) is 5.02. The van der Waals surface area contributed by atoms with E-state index in [1.54, 1.807) is 6.92 Å². The fraction of sp³-hybridized carbons (Fsp3) is 0.462. The van der Waals surface area contributed by atoms with Crippen LogP contribution in [0.1, 0.15) is 23.5 Å². The van der Waals surface area contributed by atoms with Gasteiger partial charge in [0.15, 0.2) is 0 Å². The molecular formula is C13H16ClF3N6O2. The molecule has 0 saturated heterocycles. The van der Waals surface area contributed by atoms with E-state index < -0.39 is 16.9 Å². The summed E-state index contributed by atoms with van der Waals surface area (Å²) in [4.78, 5) is 20.7. The summed E-state index contributed by atoms with van der Waals surface area (Å²) in [5.74, 6) is -1.36. The Hall–Kier alpha value is -2.43. The van der Waals surface area contributed by atoms with E-state index in [9.17, 15) is 23.3 Å². The maximum atomic E-state index is 12.7. The summed E-state index contributed by atoms with van der Waals surface area (Å²) in [7, 11) is 0. The number of aromatic nitrogens is 4. The zero-order valence-corrected chi connectivity index (χ0v) is 14.2. The van der Waals surface area contributed by atoms with Gasteiger partial charge in [-0.05, 0) is 25.2 Å². The van der Waals surface area contributed by atoms with Crippen LogP contribution in [0.25, 0.3) is 0 Å². The Morgan fingerprint density at radius 2 is 2.00 bits per heavy atom. The molecule has 0 unspecified atom stereocenters. The fourth-order valence-electron chi connectivity index (χ4n) is 2.03. The number of aryl methyl sites for hydroxylation is 2. The van der Waals surface area contributed by atoms with Gasteiger partial charge < -0.3 is 15.4 Å². The molecule has 25 heavy (non-hydrogen) atoms. The highest BCUT2D eigenvalue weighted by Crippen LogP contribution is 2.28. The third-order valence-electron chi connectivity index (χ3n) is 3.37. The standard InChI is InChI=1S/C13H15F3N6O2.ClH/c1-8-9(2)19-11(13(14,15)16)20-10(8)17-4-3-6-21-7-5-18-12(21)22(23)24;/h5,7H,3-4,6H2,1-2H3,(H,17,19,20);1H. The number of anilines is 1. The van der Waals surface area contributed by atoms with Crippen LogP contribution in [0, 0.1) is 24.0 Å². The molecule has 0 aliphatic rings. The van der Waals surface area contributed by atoms with Crippen molar-refractivity contribution in [3.63, 3.8) is 0 Å². The maximum absolute atomic E-state index is 12.7. The predicted molar refractivity (Wildman–Crippen MR) is 85.7 cm³/mol. The Morgan fingerprint density at radius 1 is 1.32 bits per heavy atom. The SMILES string of the molecule is Cc1nc(C(F)(F)F)nc(NCCCn2ccnc2[N+](=O)[O-])c1C.Cl. The van der Waals surface area contributed by atoms with Gasteiger partial charge in [0.1, 0.15) is 18.2 Å². The summed E-state index contributed by atoms with van der Waals surface area (Å²) in [6, 6.07) is 0. The van der Waals surface area contributed by atoms with Gasteiger partial charge in [0.25, 0.3) is 0 Å². The molecule has 0 radical (unpaired) electrons. The summed E-state index contributed by atoms with van der Waals surface area (Å²) >= 11 is 0. The van der Waals surface area contributed by atoms with E-state index in [1.165, 1.54) is 23.9 Å². The van der Waals surface area contributed by atoms with Crippen LogP contribution >= 0.6 is 12.4 Å². The molecule has 2 aromatic heterocycles. The average Bonchev–Trinajstić information content (AvgIpc) is 2.95. The molecule has 12 heteroatoms. The molecule has 8 nitrogen and oxygen atoms in total. The normalized spacial score (nSPS) is 11.1. The summed E-state index contributed by atoms with van der Waals surface area (Å²) in [5.41, 5.74) is 0.765. The fourth-order valence-corrected chi connectivity index (χ4v) is 2.03. The molecule has 0 bridgehead atoms. The monoisotopic (exact) mass is 380 g/mol. The Balaban J connectivity index is 0.00000312. The summed E-state index contributed by atoms with van der Waals surface area (Å²) < 4.78 is 39.6. The van der Waals surface area contributed by atoms with Crippen molar-refractivity contribution >= 4 is 24.2 Å². The smallest absolute Gasteiger partial charge is 0.390 e. The second-order valence-electron chi connectivity index (χ2n) is 5.06. The molecule has 2 aromatic rings. The lowest BCUT2D eigenvalue weighted by Crippen LogP contribution is -2.16. The Kier molecular flexibility index (Phi) is 6.68. The predicted octanol–water partition coefficient (Wildman–Crippen LogP) is 3.14. The molecule has 0 aliphatic carbocycles. The second kappa shape index (κ2) is 8.10. The highest BCUT2D eigenvalue weighted by molar-refractivity contribution is 5.85. The van der Waals surface area contributed by atoms with Gasteiger partial charge in [-0.15, -0.1) is 12.4 Å². The van der Waals surface area contributed by atoms with Crippen molar-refractivity contribution in [3.8, 4) is 0 Å². The Bertz CT molecular complexity index is 750. The number of nitrogens with zero attached hydrogens (tertiary/aromatic N) is 5. The molecule has 2 heterocycles. The van der Waals surface area contributed by atoms with Crippen molar-refractivity contribution in [1.82, 2.24) is 19.5 Å². The van der Waals surface area contributed by atoms with Gasteiger partial charge in [-0.25, -0.2) is 14.5 Å². The number of halogens is 4. The third-order valence-corrected chi connectivity index (χ3v) is 3.37. The van der Waals surface area contributed by atoms with Crippen molar-refractivity contribution in [1.29, 1.82) is 0 Å². The average molecular weight is 381 g/mol. The minimum atomic E-state index is -4.62. The first-order valence-corrected chi connectivity index (χ1v) is 7.02. The van der Waals surface area contributed by atoms with E-state index >= 15 is 0 Å². The first kappa shape index (κ1) is 20.6. The molecule has 0 saturated carbocycles. The molecule has 138 valence electrons. The number of nitro groups is 1. The number of alkyl halides is 3. The highest BCUT2D eigenvalue weighted by atomic mass is 35.5. The van der Waals surface area contributed by atoms with Crippen molar-refractivity contribution < 1.29 is 18.1 Å². The molecular weight excluding hydrogens is 365 g/mol. The number of imidazole rings is 1. The van der Waals surface area contributed by atoms with Crippen molar-refractivity contribution in [2.45, 2.75) is 33.0 Å². The van der Waals surface area contributed by atoms with Crippen molar-refractivity contribution in [2.24, 2.45) is 0 Å². The van der Waals surface area contributed by atoms with Gasteiger partial charge in [0, 0.05) is 17.8 Å². The van der Waals surface area contributed by atoms with E-state index in [2.05, 4.69) is 20.3 Å². The van der Waals surface area contributed by atoms with Crippen LogP contribution in [0.5, 0.6) is 0 Å². The van der Waals surface area contributed by atoms with E-state index in [4.69, 9.17) is 0 Å². The van der Waals surface area contributed by atoms with E-state index in [0.29, 0.717) is 25.1 Å². The van der Waals surface area contributed by atoms with Gasteiger partial charge in [-0.1, -0.05) is 4.98 Å². The van der Waals surface area contributed by atoms with Crippen LogP contribution in [0.4, 0.5) is 24.9 Å². The summed E-state index contributed by atoms with van der Waals surface area (Å²) in [6.45, 7) is 3.70. The first-order valence-electron chi connectivity index (χ1n) is 7.02. The minimum absolute atomic E-state index is 0. The van der Waals surface area contributed by atoms with Crippen LogP contribution in [0.15, 0.2) is 12.4 Å². The molecule has 0 aliphatic heterocycles. The van der Waals surface area contributed by atoms with Gasteiger partial charge in [0.2, 0.25) is 5.82 Å². The van der Waals surface area contributed by atoms with Crippen molar-refractivity contribution in [3.05, 3.63) is 39.6 Å². The quantitative estimate of drug-likeness (QED) is 0.469. The summed E-state index contributed by atoms with van der Waals surface area (Å²) in [6.07, 6.45) is -1.38. The zero-order valence-electron chi connectivity index (χ0n) is 13.4. The van der Waals surface area contributed by atoms with Gasteiger partial charge in [-0.3, -0.25) is 0 Å². The number of hydrogen-bond acceptors (Lipinski definition) is 6. The van der Waals surface area contributed by atoms with Gasteiger partial charge in [-0.2, -0.15) is 13.2 Å². The lowest BCUT2D eigenvalue weighted by atomic mass is 10.2. The van der Waals surface area contributed by atoms with Crippen LogP contribution in [-0.2, 0) is 12.7 Å². The lowest BCUT2D eigenvalue weighted by molar-refractivity contribution is -0.396. The molecule has 0 aromatic carbocycles. The minimum Gasteiger partial charge on any atom is -0.390 e. The van der Waals surface area contributed by atoms with Crippen LogP contribution in [0.3, 0.4) is 0 Å². The van der Waals surface area contributed by atoms with E-state index in [-0.39, 0.29) is 29.9 Å². The van der Waals surface area contributed by atoms with Crippen LogP contribution in [0.2, 0.25) is 0 Å². The molecule has 2 rings (SSSR count). The van der Waals surface area contributed by atoms with E-state index in [1.807, 2.05) is 0 Å². The van der Waals surface area contributed by atoms with E-state index in [0.717, 1.165) is 0 Å². The maximum Gasteiger partial charge on any atom is 0.451 e. The summed E-state index contributed by atoms with van der Waals surface area (Å²) in [5, 5.41) is 13.6. The first-order chi connectivity index (χ1) is 11.2. The van der Waals surface area contributed by atoms with Crippen molar-refractivity contribution in [2.75, 3.05) is 11.9 Å². The highest BCUT2D eigenvalue weighted by Gasteiger charge is 2.35. The second-order valence-corrected chi connectivity index (χ2v) is 5.06.